The number of aryl methyl sites for hydroxylation is 1. The van der Waals surface area contributed by atoms with Crippen molar-refractivity contribution >= 4 is 0 Å². The molecule has 78 valence electrons. The van der Waals surface area contributed by atoms with Crippen LogP contribution < -0.4 is 0 Å². The van der Waals surface area contributed by atoms with Crippen LogP contribution in [0.5, 0.6) is 0 Å². The second-order valence-electron chi connectivity index (χ2n) is 3.34. The van der Waals surface area contributed by atoms with E-state index in [1.165, 1.54) is 7.05 Å². The van der Waals surface area contributed by atoms with Crippen molar-refractivity contribution in [3.8, 4) is 0 Å². The molecule has 0 aromatic carbocycles. The summed E-state index contributed by atoms with van der Waals surface area (Å²) < 4.78 is 51.9. The molecule has 0 unspecified atom stereocenters. The smallest absolute Gasteiger partial charge is 0.266 e. The van der Waals surface area contributed by atoms with E-state index in [-0.39, 0.29) is 17.7 Å². The third kappa shape index (κ3) is 1.13. The topological polar surface area (TPSA) is 17.8 Å². The minimum atomic E-state index is -3.01. The first-order valence-electron chi connectivity index (χ1n) is 4.15. The van der Waals surface area contributed by atoms with Crippen LogP contribution in [0.4, 0.5) is 17.6 Å². The zero-order valence-electron chi connectivity index (χ0n) is 7.40. The Kier molecular flexibility index (Phi) is 1.84. The Labute approximate surface area is 77.5 Å². The Morgan fingerprint density at radius 2 is 2.07 bits per heavy atom. The van der Waals surface area contributed by atoms with Crippen molar-refractivity contribution < 1.29 is 17.6 Å². The number of nitrogens with zero attached hydrogens (tertiary/aromatic N) is 2. The molecule has 0 bridgehead atoms. The summed E-state index contributed by atoms with van der Waals surface area (Å²) in [6, 6.07) is 0. The summed E-state index contributed by atoms with van der Waals surface area (Å²) in [5, 5.41) is 3.41. The molecule has 1 aliphatic rings. The van der Waals surface area contributed by atoms with E-state index in [4.69, 9.17) is 0 Å². The van der Waals surface area contributed by atoms with Crippen molar-refractivity contribution in [2.75, 3.05) is 0 Å². The maximum Gasteiger partial charge on any atom is 0.290 e. The zero-order chi connectivity index (χ0) is 10.5. The number of hydrogen-bond acceptors (Lipinski definition) is 1. The van der Waals surface area contributed by atoms with Crippen LogP contribution in [-0.2, 0) is 19.4 Å². The van der Waals surface area contributed by atoms with Gasteiger partial charge in [-0.25, -0.2) is 8.78 Å². The van der Waals surface area contributed by atoms with Crippen molar-refractivity contribution in [3.05, 3.63) is 17.0 Å². The Hall–Kier alpha value is -1.07. The van der Waals surface area contributed by atoms with Crippen molar-refractivity contribution in [1.82, 2.24) is 9.78 Å². The first-order chi connectivity index (χ1) is 6.43. The van der Waals surface area contributed by atoms with Gasteiger partial charge >= 0.3 is 0 Å². The molecule has 6 heteroatoms. The SMILES string of the molecule is Cn1nc(C(F)F)c2c1C(F)(F)CC2. The molecule has 1 aromatic rings. The fourth-order valence-corrected chi connectivity index (χ4v) is 1.87. The van der Waals surface area contributed by atoms with Gasteiger partial charge < -0.3 is 0 Å². The molecule has 0 fully saturated rings. The van der Waals surface area contributed by atoms with Crippen LogP contribution in [0, 0.1) is 0 Å². The summed E-state index contributed by atoms with van der Waals surface area (Å²) >= 11 is 0. The molecule has 0 saturated heterocycles. The van der Waals surface area contributed by atoms with Gasteiger partial charge in [-0.3, -0.25) is 4.68 Å². The predicted octanol–water partition coefficient (Wildman–Crippen LogP) is 2.40. The summed E-state index contributed by atoms with van der Waals surface area (Å²) in [4.78, 5) is 0. The van der Waals surface area contributed by atoms with Crippen LogP contribution in [0.1, 0.15) is 29.8 Å². The molecule has 14 heavy (non-hydrogen) atoms. The number of rotatable bonds is 1. The Morgan fingerprint density at radius 1 is 1.43 bits per heavy atom. The van der Waals surface area contributed by atoms with E-state index >= 15 is 0 Å². The van der Waals surface area contributed by atoms with Crippen LogP contribution in [0.15, 0.2) is 0 Å². The van der Waals surface area contributed by atoms with Crippen molar-refractivity contribution in [1.29, 1.82) is 0 Å². The molecule has 2 nitrogen and oxygen atoms in total. The normalized spacial score (nSPS) is 19.0. The summed E-state index contributed by atoms with van der Waals surface area (Å²) in [7, 11) is 1.27. The Balaban J connectivity index is 2.58. The van der Waals surface area contributed by atoms with Crippen molar-refractivity contribution in [3.63, 3.8) is 0 Å². The molecular formula is C8H8F4N2. The minimum Gasteiger partial charge on any atom is -0.266 e. The van der Waals surface area contributed by atoms with Crippen LogP contribution in [0.25, 0.3) is 0 Å². The summed E-state index contributed by atoms with van der Waals surface area (Å²) in [5.74, 6) is -3.01. The van der Waals surface area contributed by atoms with Crippen LogP contribution in [0.2, 0.25) is 0 Å². The Morgan fingerprint density at radius 3 is 2.64 bits per heavy atom. The van der Waals surface area contributed by atoms with E-state index < -0.39 is 24.5 Å². The number of fused-ring (bicyclic) bond motifs is 1. The summed E-state index contributed by atoms with van der Waals surface area (Å²) in [5.41, 5.74) is -0.833. The number of hydrogen-bond donors (Lipinski definition) is 0. The molecule has 0 radical (unpaired) electrons. The lowest BCUT2D eigenvalue weighted by Crippen LogP contribution is -2.13. The lowest BCUT2D eigenvalue weighted by Gasteiger charge is -2.09. The standard InChI is InChI=1S/C8H8F4N2/c1-14-6-4(2-3-8(6,11)12)5(13-14)7(9)10/h7H,2-3H2,1H3. The number of aromatic nitrogens is 2. The highest BCUT2D eigenvalue weighted by molar-refractivity contribution is 5.35. The molecule has 0 saturated carbocycles. The minimum absolute atomic E-state index is 0.0180. The van der Waals surface area contributed by atoms with Crippen molar-refractivity contribution in [2.45, 2.75) is 25.2 Å². The number of halogens is 4. The molecule has 1 aromatic heterocycles. The monoisotopic (exact) mass is 208 g/mol. The van der Waals surface area contributed by atoms with E-state index in [1.807, 2.05) is 0 Å². The fourth-order valence-electron chi connectivity index (χ4n) is 1.87. The predicted molar refractivity (Wildman–Crippen MR) is 40.4 cm³/mol. The van der Waals surface area contributed by atoms with Gasteiger partial charge in [-0.1, -0.05) is 0 Å². The fraction of sp³-hybridized carbons (Fsp3) is 0.625. The first-order valence-corrected chi connectivity index (χ1v) is 4.15. The first kappa shape index (κ1) is 9.48. The van der Waals surface area contributed by atoms with Gasteiger partial charge in [-0.15, -0.1) is 0 Å². The summed E-state index contributed by atoms with van der Waals surface area (Å²) in [6.45, 7) is 0. The third-order valence-corrected chi connectivity index (χ3v) is 2.42. The summed E-state index contributed by atoms with van der Waals surface area (Å²) in [6.07, 6.45) is -3.19. The largest absolute Gasteiger partial charge is 0.290 e. The molecule has 1 aliphatic carbocycles. The van der Waals surface area contributed by atoms with E-state index in [0.717, 1.165) is 4.68 Å². The molecule has 0 aliphatic heterocycles. The third-order valence-electron chi connectivity index (χ3n) is 2.42. The maximum atomic E-state index is 13.2. The van der Waals surface area contributed by atoms with Gasteiger partial charge in [0.25, 0.3) is 12.3 Å². The van der Waals surface area contributed by atoms with Gasteiger partial charge in [-0.05, 0) is 6.42 Å². The van der Waals surface area contributed by atoms with Gasteiger partial charge in [0.2, 0.25) is 0 Å². The van der Waals surface area contributed by atoms with Crippen LogP contribution >= 0.6 is 0 Å². The lowest BCUT2D eigenvalue weighted by atomic mass is 10.2. The average molecular weight is 208 g/mol. The second-order valence-corrected chi connectivity index (χ2v) is 3.34. The van der Waals surface area contributed by atoms with Crippen molar-refractivity contribution in [2.24, 2.45) is 7.05 Å². The molecule has 2 rings (SSSR count). The lowest BCUT2D eigenvalue weighted by molar-refractivity contribution is -0.01000. The van der Waals surface area contributed by atoms with Gasteiger partial charge in [0.15, 0.2) is 0 Å². The molecule has 0 N–H and O–H groups in total. The average Bonchev–Trinajstić information content (AvgIpc) is 2.53. The van der Waals surface area contributed by atoms with Gasteiger partial charge in [0.1, 0.15) is 11.4 Å². The van der Waals surface area contributed by atoms with E-state index in [9.17, 15) is 17.6 Å². The van der Waals surface area contributed by atoms with Crippen LogP contribution in [0.3, 0.4) is 0 Å². The Bertz CT molecular complexity index is 370. The van der Waals surface area contributed by atoms with E-state index in [2.05, 4.69) is 5.10 Å². The quantitative estimate of drug-likeness (QED) is 0.648. The van der Waals surface area contributed by atoms with Gasteiger partial charge in [-0.2, -0.15) is 13.9 Å². The van der Waals surface area contributed by atoms with Gasteiger partial charge in [0, 0.05) is 19.0 Å². The van der Waals surface area contributed by atoms with Crippen LogP contribution in [-0.4, -0.2) is 9.78 Å². The number of alkyl halides is 4. The zero-order valence-corrected chi connectivity index (χ0v) is 7.40. The second kappa shape index (κ2) is 2.71. The highest BCUT2D eigenvalue weighted by Gasteiger charge is 2.45. The van der Waals surface area contributed by atoms with Gasteiger partial charge in [0.05, 0.1) is 0 Å². The van der Waals surface area contributed by atoms with E-state index in [1.54, 1.807) is 0 Å². The molecule has 1 heterocycles. The molecule has 0 spiro atoms. The van der Waals surface area contributed by atoms with E-state index in [0.29, 0.717) is 0 Å². The molecule has 0 atom stereocenters. The molecular weight excluding hydrogens is 200 g/mol. The molecule has 0 amide bonds. The maximum absolute atomic E-state index is 13.2. The highest BCUT2D eigenvalue weighted by Crippen LogP contribution is 2.44. The highest BCUT2D eigenvalue weighted by atomic mass is 19.3.